The fourth-order valence-corrected chi connectivity index (χ4v) is 3.32. The van der Waals surface area contributed by atoms with Crippen molar-refractivity contribution in [1.29, 1.82) is 0 Å². The van der Waals surface area contributed by atoms with Crippen LogP contribution in [0.3, 0.4) is 0 Å². The normalized spacial score (nSPS) is 14.2. The number of rotatable bonds is 6. The van der Waals surface area contributed by atoms with E-state index in [-0.39, 0.29) is 11.3 Å². The van der Waals surface area contributed by atoms with E-state index in [4.69, 9.17) is 4.74 Å². The van der Waals surface area contributed by atoms with E-state index >= 15 is 0 Å². The van der Waals surface area contributed by atoms with E-state index < -0.39 is 73.9 Å². The van der Waals surface area contributed by atoms with Crippen molar-refractivity contribution in [3.8, 4) is 5.75 Å². The van der Waals surface area contributed by atoms with Gasteiger partial charge in [0.1, 0.15) is 11.3 Å². The molecule has 0 aliphatic heterocycles. The number of halogens is 14. The maximum Gasteiger partial charge on any atom is 0.460 e. The van der Waals surface area contributed by atoms with Gasteiger partial charge < -0.3 is 4.74 Å². The van der Waals surface area contributed by atoms with Crippen LogP contribution in [-0.4, -0.2) is 60.0 Å². The maximum atomic E-state index is 14.0. The molecule has 0 aliphatic rings. The van der Waals surface area contributed by atoms with Crippen molar-refractivity contribution in [1.82, 2.24) is 4.98 Å². The van der Waals surface area contributed by atoms with Gasteiger partial charge in [0.15, 0.2) is 0 Å². The molecular weight excluding hydrogens is 566 g/mol. The molecule has 0 saturated carbocycles. The average Bonchev–Trinajstić information content (AvgIpc) is 3.15. The molecule has 1 heterocycles. The summed E-state index contributed by atoms with van der Waals surface area (Å²) in [6, 6.07) is 2.99. The number of amides is 2. The van der Waals surface area contributed by atoms with Gasteiger partial charge in [0.25, 0.3) is 0 Å². The Morgan fingerprint density at radius 2 is 1.19 bits per heavy atom. The van der Waals surface area contributed by atoms with Gasteiger partial charge in [0.05, 0.1) is 11.8 Å². The van der Waals surface area contributed by atoms with Gasteiger partial charge in [-0.3, -0.25) is 9.59 Å². The van der Waals surface area contributed by atoms with Crippen LogP contribution in [0.2, 0.25) is 0 Å². The third-order valence-corrected chi connectivity index (χ3v) is 5.23. The van der Waals surface area contributed by atoms with E-state index in [0.717, 1.165) is 25.3 Å². The standard InChI is InChI=1S/C16H6F14N2O3S/c1-35-5-3-2-4-6-7(5)31-10(36-6)32(8(33)11(17,18)13(21,22)15(25,26)27)9(34)12(19,20)14(23,24)16(28,29)30/h2-4H,1H3. The van der Waals surface area contributed by atoms with E-state index in [1.165, 1.54) is 0 Å². The summed E-state index contributed by atoms with van der Waals surface area (Å²) in [6.45, 7) is 0. The topological polar surface area (TPSA) is 59.5 Å². The summed E-state index contributed by atoms with van der Waals surface area (Å²) in [5, 5.41) is -1.97. The molecule has 0 atom stereocenters. The Bertz CT molecular complexity index is 1120. The van der Waals surface area contributed by atoms with Gasteiger partial charge in [-0.1, -0.05) is 17.4 Å². The molecule has 0 unspecified atom stereocenters. The highest BCUT2D eigenvalue weighted by atomic mass is 32.1. The largest absolute Gasteiger partial charge is 0.494 e. The number of carbonyl (C=O) groups excluding carboxylic acids is 2. The molecule has 0 aliphatic carbocycles. The number of nitrogens with zero attached hydrogens (tertiary/aromatic N) is 2. The zero-order chi connectivity index (χ0) is 28.3. The van der Waals surface area contributed by atoms with Crippen molar-refractivity contribution in [2.75, 3.05) is 12.0 Å². The van der Waals surface area contributed by atoms with Crippen molar-refractivity contribution < 1.29 is 75.8 Å². The lowest BCUT2D eigenvalue weighted by Crippen LogP contribution is -2.66. The minimum Gasteiger partial charge on any atom is -0.494 e. The summed E-state index contributed by atoms with van der Waals surface area (Å²) >= 11 is -0.366. The number of ether oxygens (including phenoxy) is 1. The molecule has 2 rings (SSSR count). The van der Waals surface area contributed by atoms with Crippen LogP contribution in [0.4, 0.5) is 66.6 Å². The lowest BCUT2D eigenvalue weighted by molar-refractivity contribution is -0.345. The monoisotopic (exact) mass is 572 g/mol. The van der Waals surface area contributed by atoms with Gasteiger partial charge in [-0.05, 0) is 12.1 Å². The van der Waals surface area contributed by atoms with Crippen LogP contribution >= 0.6 is 11.3 Å². The summed E-state index contributed by atoms with van der Waals surface area (Å²) in [6.07, 6.45) is -14.6. The number of hydrogen-bond acceptors (Lipinski definition) is 5. The quantitative estimate of drug-likeness (QED) is 0.409. The number of benzene rings is 1. The van der Waals surface area contributed by atoms with Crippen molar-refractivity contribution in [2.24, 2.45) is 0 Å². The van der Waals surface area contributed by atoms with E-state index in [1.807, 2.05) is 0 Å². The van der Waals surface area contributed by atoms with E-state index in [2.05, 4.69) is 4.98 Å². The number of thiazole rings is 1. The Morgan fingerprint density at radius 3 is 1.56 bits per heavy atom. The first-order chi connectivity index (χ1) is 16.0. The second-order valence-corrected chi connectivity index (χ2v) is 7.55. The van der Waals surface area contributed by atoms with E-state index in [1.54, 1.807) is 0 Å². The fourth-order valence-electron chi connectivity index (χ4n) is 2.34. The summed E-state index contributed by atoms with van der Waals surface area (Å²) < 4.78 is 188. The van der Waals surface area contributed by atoms with Crippen LogP contribution < -0.4 is 9.64 Å². The van der Waals surface area contributed by atoms with Crippen LogP contribution in [0.15, 0.2) is 18.2 Å². The predicted octanol–water partition coefficient (Wildman–Crippen LogP) is 5.83. The summed E-state index contributed by atoms with van der Waals surface area (Å²) in [4.78, 5) is 25.0. The highest BCUT2D eigenvalue weighted by Crippen LogP contribution is 2.51. The molecule has 0 radical (unpaired) electrons. The van der Waals surface area contributed by atoms with Crippen LogP contribution in [-0.2, 0) is 9.59 Å². The first kappa shape index (κ1) is 29.3. The predicted molar refractivity (Wildman–Crippen MR) is 90.6 cm³/mol. The molecule has 0 spiro atoms. The van der Waals surface area contributed by atoms with Gasteiger partial charge in [-0.25, -0.2) is 9.88 Å². The summed E-state index contributed by atoms with van der Waals surface area (Å²) in [5.41, 5.74) is -0.651. The van der Waals surface area contributed by atoms with Crippen molar-refractivity contribution in [3.05, 3.63) is 18.2 Å². The Kier molecular flexibility index (Phi) is 6.98. The molecule has 1 aromatic carbocycles. The molecule has 2 aromatic rings. The highest BCUT2D eigenvalue weighted by Gasteiger charge is 2.81. The van der Waals surface area contributed by atoms with Crippen LogP contribution in [0.25, 0.3) is 10.2 Å². The van der Waals surface area contributed by atoms with Crippen molar-refractivity contribution in [3.63, 3.8) is 0 Å². The number of carbonyl (C=O) groups is 2. The second kappa shape index (κ2) is 8.58. The Balaban J connectivity index is 2.85. The number of fused-ring (bicyclic) bond motifs is 1. The lowest BCUT2D eigenvalue weighted by Gasteiger charge is -2.33. The van der Waals surface area contributed by atoms with Gasteiger partial charge in [0, 0.05) is 0 Å². The van der Waals surface area contributed by atoms with Crippen molar-refractivity contribution in [2.45, 2.75) is 36.0 Å². The average molecular weight is 572 g/mol. The molecular formula is C16H6F14N2O3S. The number of imide groups is 1. The zero-order valence-electron chi connectivity index (χ0n) is 16.6. The maximum absolute atomic E-state index is 14.0. The molecule has 0 saturated heterocycles. The number of aromatic nitrogens is 1. The third kappa shape index (κ3) is 4.27. The van der Waals surface area contributed by atoms with Gasteiger partial charge >= 0.3 is 47.9 Å². The summed E-state index contributed by atoms with van der Waals surface area (Å²) in [7, 11) is 0.915. The minimum absolute atomic E-state index is 0.366. The molecule has 202 valence electrons. The summed E-state index contributed by atoms with van der Waals surface area (Å²) in [5.74, 6) is -38.0. The SMILES string of the molecule is COc1cccc2sc(N(C(=O)C(F)(F)C(F)(F)C(F)(F)F)C(=O)C(F)(F)C(F)(F)C(F)(F)F)nc12. The zero-order valence-corrected chi connectivity index (χ0v) is 17.4. The minimum atomic E-state index is -7.41. The smallest absolute Gasteiger partial charge is 0.460 e. The molecule has 2 amide bonds. The van der Waals surface area contributed by atoms with Crippen LogP contribution in [0.5, 0.6) is 5.75 Å². The van der Waals surface area contributed by atoms with Gasteiger partial charge in [0.2, 0.25) is 5.13 Å². The number of anilines is 1. The van der Waals surface area contributed by atoms with Crippen LogP contribution in [0.1, 0.15) is 0 Å². The Labute approximate surface area is 192 Å². The molecule has 0 bridgehead atoms. The Hall–Kier alpha value is -2.93. The number of hydrogen-bond donors (Lipinski definition) is 0. The third-order valence-electron chi connectivity index (χ3n) is 4.23. The molecule has 20 heteroatoms. The first-order valence-electron chi connectivity index (χ1n) is 8.44. The molecule has 5 nitrogen and oxygen atoms in total. The Morgan fingerprint density at radius 1 is 0.778 bits per heavy atom. The van der Waals surface area contributed by atoms with Gasteiger partial charge in [-0.2, -0.15) is 61.5 Å². The number of para-hydroxylation sites is 1. The molecule has 36 heavy (non-hydrogen) atoms. The second-order valence-electron chi connectivity index (χ2n) is 6.54. The molecule has 0 N–H and O–H groups in total. The van der Waals surface area contributed by atoms with Crippen LogP contribution in [0, 0.1) is 0 Å². The number of methoxy groups -OCH3 is 1. The highest BCUT2D eigenvalue weighted by molar-refractivity contribution is 7.22. The van der Waals surface area contributed by atoms with E-state index in [0.29, 0.717) is 0 Å². The van der Waals surface area contributed by atoms with E-state index in [9.17, 15) is 71.1 Å². The van der Waals surface area contributed by atoms with Gasteiger partial charge in [-0.15, -0.1) is 0 Å². The molecule has 0 fully saturated rings. The lowest BCUT2D eigenvalue weighted by atomic mass is 10.1. The number of alkyl halides is 14. The fraction of sp³-hybridized carbons (Fsp3) is 0.438. The molecule has 1 aromatic heterocycles. The van der Waals surface area contributed by atoms with Crippen molar-refractivity contribution >= 4 is 38.5 Å². The first-order valence-corrected chi connectivity index (χ1v) is 9.25.